The SMILES string of the molecule is CC(C)(C)c1cc2c(cc1C(C)(C)C)N=CNC2. The highest BCUT2D eigenvalue weighted by molar-refractivity contribution is 5.68. The summed E-state index contributed by atoms with van der Waals surface area (Å²) in [6.45, 7) is 14.5. The molecule has 0 saturated carbocycles. The predicted octanol–water partition coefficient (Wildman–Crippen LogP) is 4.04. The average molecular weight is 244 g/mol. The van der Waals surface area contributed by atoms with Gasteiger partial charge in [0.1, 0.15) is 0 Å². The summed E-state index contributed by atoms with van der Waals surface area (Å²) < 4.78 is 0. The van der Waals surface area contributed by atoms with Crippen LogP contribution in [0.5, 0.6) is 0 Å². The van der Waals surface area contributed by atoms with Gasteiger partial charge in [-0.05, 0) is 33.6 Å². The Morgan fingerprint density at radius 1 is 0.944 bits per heavy atom. The van der Waals surface area contributed by atoms with E-state index in [1.807, 2.05) is 0 Å². The third-order valence-electron chi connectivity index (χ3n) is 3.42. The lowest BCUT2D eigenvalue weighted by molar-refractivity contribution is 0.529. The van der Waals surface area contributed by atoms with Crippen molar-refractivity contribution in [1.29, 1.82) is 0 Å². The number of nitrogens with zero attached hydrogens (tertiary/aromatic N) is 1. The van der Waals surface area contributed by atoms with Crippen LogP contribution in [0, 0.1) is 0 Å². The van der Waals surface area contributed by atoms with Crippen molar-refractivity contribution in [2.24, 2.45) is 4.99 Å². The van der Waals surface area contributed by atoms with Crippen LogP contribution in [0.15, 0.2) is 17.1 Å². The molecule has 0 radical (unpaired) electrons. The van der Waals surface area contributed by atoms with E-state index in [-0.39, 0.29) is 10.8 Å². The maximum Gasteiger partial charge on any atom is 0.0889 e. The van der Waals surface area contributed by atoms with Gasteiger partial charge in [-0.25, -0.2) is 4.99 Å². The number of hydrogen-bond donors (Lipinski definition) is 1. The number of aliphatic imine (C=N–C) groups is 1. The fourth-order valence-corrected chi connectivity index (χ4v) is 2.41. The van der Waals surface area contributed by atoms with Crippen molar-refractivity contribution in [3.05, 3.63) is 28.8 Å². The standard InChI is InChI=1S/C16H24N2/c1-15(2,3)12-7-11-9-17-10-18-14(11)8-13(12)16(4,5)6/h7-8,10H,9H2,1-6H3,(H,17,18). The molecule has 0 aromatic heterocycles. The largest absolute Gasteiger partial charge is 0.372 e. The molecule has 0 fully saturated rings. The molecule has 1 aromatic rings. The van der Waals surface area contributed by atoms with Gasteiger partial charge in [-0.2, -0.15) is 0 Å². The number of rotatable bonds is 0. The first-order valence-corrected chi connectivity index (χ1v) is 6.63. The molecular formula is C16H24N2. The van der Waals surface area contributed by atoms with E-state index in [1.54, 1.807) is 6.34 Å². The molecular weight excluding hydrogens is 220 g/mol. The van der Waals surface area contributed by atoms with Crippen LogP contribution < -0.4 is 5.32 Å². The van der Waals surface area contributed by atoms with Gasteiger partial charge in [-0.15, -0.1) is 0 Å². The molecule has 98 valence electrons. The lowest BCUT2D eigenvalue weighted by Crippen LogP contribution is -2.24. The Labute approximate surface area is 111 Å². The van der Waals surface area contributed by atoms with Gasteiger partial charge in [0.2, 0.25) is 0 Å². The highest BCUT2D eigenvalue weighted by Crippen LogP contribution is 2.38. The van der Waals surface area contributed by atoms with E-state index in [0.29, 0.717) is 0 Å². The second-order valence-corrected chi connectivity index (χ2v) is 7.17. The number of benzene rings is 1. The fourth-order valence-electron chi connectivity index (χ4n) is 2.41. The van der Waals surface area contributed by atoms with Crippen molar-refractivity contribution in [2.45, 2.75) is 58.9 Å². The van der Waals surface area contributed by atoms with Crippen LogP contribution in [0.1, 0.15) is 58.2 Å². The zero-order valence-electron chi connectivity index (χ0n) is 12.4. The molecule has 1 aliphatic heterocycles. The van der Waals surface area contributed by atoms with Crippen molar-refractivity contribution < 1.29 is 0 Å². The first kappa shape index (κ1) is 13.1. The van der Waals surface area contributed by atoms with Gasteiger partial charge in [0.05, 0.1) is 12.0 Å². The molecule has 2 heteroatoms. The average Bonchev–Trinajstić information content (AvgIpc) is 2.25. The Bertz CT molecular complexity index is 485. The monoisotopic (exact) mass is 244 g/mol. The lowest BCUT2D eigenvalue weighted by atomic mass is 9.74. The summed E-state index contributed by atoms with van der Waals surface area (Å²) in [5.74, 6) is 0. The molecule has 18 heavy (non-hydrogen) atoms. The highest BCUT2D eigenvalue weighted by Gasteiger charge is 2.26. The number of nitrogens with one attached hydrogen (secondary N) is 1. The maximum atomic E-state index is 4.45. The molecule has 1 aromatic carbocycles. The molecule has 1 aliphatic rings. The Balaban J connectivity index is 2.67. The van der Waals surface area contributed by atoms with E-state index in [1.165, 1.54) is 16.7 Å². The molecule has 0 spiro atoms. The Hall–Kier alpha value is -1.31. The Morgan fingerprint density at radius 2 is 1.50 bits per heavy atom. The predicted molar refractivity (Wildman–Crippen MR) is 78.8 cm³/mol. The molecule has 1 heterocycles. The summed E-state index contributed by atoms with van der Waals surface area (Å²) in [6.07, 6.45) is 1.80. The van der Waals surface area contributed by atoms with E-state index in [0.717, 1.165) is 12.2 Å². The van der Waals surface area contributed by atoms with Crippen LogP contribution in [0.3, 0.4) is 0 Å². The Kier molecular flexibility index (Phi) is 3.00. The van der Waals surface area contributed by atoms with Crippen molar-refractivity contribution in [1.82, 2.24) is 5.32 Å². The van der Waals surface area contributed by atoms with Crippen LogP contribution in [-0.2, 0) is 17.4 Å². The zero-order chi connectivity index (χ0) is 13.6. The molecule has 0 saturated heterocycles. The number of fused-ring (bicyclic) bond motifs is 1. The van der Waals surface area contributed by atoms with E-state index < -0.39 is 0 Å². The summed E-state index contributed by atoms with van der Waals surface area (Å²) in [6, 6.07) is 4.60. The third kappa shape index (κ3) is 2.43. The lowest BCUT2D eigenvalue weighted by Gasteiger charge is -2.31. The van der Waals surface area contributed by atoms with Crippen molar-refractivity contribution in [3.63, 3.8) is 0 Å². The second kappa shape index (κ2) is 4.11. The van der Waals surface area contributed by atoms with Crippen molar-refractivity contribution >= 4 is 12.0 Å². The van der Waals surface area contributed by atoms with Gasteiger partial charge in [0.15, 0.2) is 0 Å². The summed E-state index contributed by atoms with van der Waals surface area (Å²) in [5, 5.41) is 3.19. The molecule has 0 atom stereocenters. The second-order valence-electron chi connectivity index (χ2n) is 7.17. The molecule has 0 amide bonds. The van der Waals surface area contributed by atoms with Crippen LogP contribution in [0.25, 0.3) is 0 Å². The van der Waals surface area contributed by atoms with Crippen LogP contribution in [0.2, 0.25) is 0 Å². The maximum absolute atomic E-state index is 4.45. The van der Waals surface area contributed by atoms with Gasteiger partial charge in [0, 0.05) is 6.54 Å². The van der Waals surface area contributed by atoms with Gasteiger partial charge < -0.3 is 5.32 Å². The first-order chi connectivity index (χ1) is 8.19. The van der Waals surface area contributed by atoms with E-state index in [4.69, 9.17) is 0 Å². The summed E-state index contributed by atoms with van der Waals surface area (Å²) >= 11 is 0. The number of hydrogen-bond acceptors (Lipinski definition) is 2. The smallest absolute Gasteiger partial charge is 0.0889 e. The molecule has 0 bridgehead atoms. The molecule has 0 aliphatic carbocycles. The molecule has 1 N–H and O–H groups in total. The Morgan fingerprint density at radius 3 is 2.06 bits per heavy atom. The minimum atomic E-state index is 0.151. The first-order valence-electron chi connectivity index (χ1n) is 6.63. The fraction of sp³-hybridized carbons (Fsp3) is 0.562. The van der Waals surface area contributed by atoms with Gasteiger partial charge in [0.25, 0.3) is 0 Å². The van der Waals surface area contributed by atoms with Crippen LogP contribution >= 0.6 is 0 Å². The molecule has 2 nitrogen and oxygen atoms in total. The summed E-state index contributed by atoms with van der Waals surface area (Å²) in [5.41, 5.74) is 5.58. The normalized spacial score (nSPS) is 15.2. The highest BCUT2D eigenvalue weighted by atomic mass is 15.0. The van der Waals surface area contributed by atoms with Crippen LogP contribution in [0.4, 0.5) is 5.69 Å². The summed E-state index contributed by atoms with van der Waals surface area (Å²) in [7, 11) is 0. The van der Waals surface area contributed by atoms with E-state index >= 15 is 0 Å². The minimum absolute atomic E-state index is 0.151. The molecule has 0 unspecified atom stereocenters. The topological polar surface area (TPSA) is 24.4 Å². The zero-order valence-corrected chi connectivity index (χ0v) is 12.4. The quantitative estimate of drug-likeness (QED) is 0.731. The van der Waals surface area contributed by atoms with E-state index in [9.17, 15) is 0 Å². The van der Waals surface area contributed by atoms with E-state index in [2.05, 4.69) is 64.0 Å². The minimum Gasteiger partial charge on any atom is -0.372 e. The third-order valence-corrected chi connectivity index (χ3v) is 3.42. The molecule has 2 rings (SSSR count). The van der Waals surface area contributed by atoms with Crippen LogP contribution in [-0.4, -0.2) is 6.34 Å². The van der Waals surface area contributed by atoms with Gasteiger partial charge in [-0.3, -0.25) is 0 Å². The van der Waals surface area contributed by atoms with Gasteiger partial charge >= 0.3 is 0 Å². The van der Waals surface area contributed by atoms with Crippen molar-refractivity contribution in [2.75, 3.05) is 0 Å². The van der Waals surface area contributed by atoms with Gasteiger partial charge in [-0.1, -0.05) is 47.6 Å². The summed E-state index contributed by atoms with van der Waals surface area (Å²) in [4.78, 5) is 4.45. The van der Waals surface area contributed by atoms with Crippen molar-refractivity contribution in [3.8, 4) is 0 Å².